The number of phenolic OH excluding ortho intramolecular Hbond substituents is 1. The highest BCUT2D eigenvalue weighted by molar-refractivity contribution is 5.85. The Morgan fingerprint density at radius 3 is 1.52 bits per heavy atom. The fraction of sp³-hybridized carbons (Fsp3) is 0.769. The average Bonchev–Trinajstić information content (AvgIpc) is 2.75. The standard InChI is InChI=1S/C26H46N2O2.ClH/c1-2-3-4-5-6-7-8-9-10-11-12-13-14-15-16-17-18-19-22-27-24-20-21-25(28-30)26(29)23-24;/h20-21,23,27,29H,2-19,22H2,1H3;1H. The molecule has 5 heteroatoms. The topological polar surface area (TPSA) is 61.7 Å². The van der Waals surface area contributed by atoms with Crippen molar-refractivity contribution in [3.63, 3.8) is 0 Å². The highest BCUT2D eigenvalue weighted by Crippen LogP contribution is 2.28. The molecule has 0 amide bonds. The van der Waals surface area contributed by atoms with Gasteiger partial charge in [-0.15, -0.1) is 17.3 Å². The Morgan fingerprint density at radius 2 is 1.13 bits per heavy atom. The molecule has 4 nitrogen and oxygen atoms in total. The van der Waals surface area contributed by atoms with Gasteiger partial charge in [0.15, 0.2) is 0 Å². The average molecular weight is 455 g/mol. The first kappa shape index (κ1) is 29.7. The Kier molecular flexibility index (Phi) is 21.0. The summed E-state index contributed by atoms with van der Waals surface area (Å²) in [5.74, 6) is -0.0622. The minimum Gasteiger partial charge on any atom is -0.505 e. The van der Waals surface area contributed by atoms with Crippen LogP contribution in [0.1, 0.15) is 122 Å². The maximum Gasteiger partial charge on any atom is 0.149 e. The molecule has 0 spiro atoms. The third-order valence-electron chi connectivity index (χ3n) is 5.93. The number of hydrogen-bond donors (Lipinski definition) is 2. The summed E-state index contributed by atoms with van der Waals surface area (Å²) in [4.78, 5) is 10.5. The lowest BCUT2D eigenvalue weighted by molar-refractivity contribution is 0.477. The van der Waals surface area contributed by atoms with Gasteiger partial charge in [0.05, 0.1) is 0 Å². The minimum atomic E-state index is -0.0622. The molecule has 180 valence electrons. The maximum atomic E-state index is 10.5. The number of halogens is 1. The Labute approximate surface area is 197 Å². The van der Waals surface area contributed by atoms with E-state index in [1.165, 1.54) is 109 Å². The van der Waals surface area contributed by atoms with E-state index in [4.69, 9.17) is 0 Å². The molecule has 2 N–H and O–H groups in total. The third-order valence-corrected chi connectivity index (χ3v) is 5.93. The third kappa shape index (κ3) is 17.0. The number of hydrogen-bond acceptors (Lipinski definition) is 4. The molecule has 0 saturated heterocycles. The van der Waals surface area contributed by atoms with Gasteiger partial charge in [-0.1, -0.05) is 116 Å². The summed E-state index contributed by atoms with van der Waals surface area (Å²) in [5.41, 5.74) is 0.931. The summed E-state index contributed by atoms with van der Waals surface area (Å²) >= 11 is 0. The fourth-order valence-electron chi connectivity index (χ4n) is 3.97. The second-order valence-corrected chi connectivity index (χ2v) is 8.73. The second-order valence-electron chi connectivity index (χ2n) is 8.73. The zero-order valence-electron chi connectivity index (χ0n) is 19.9. The van der Waals surface area contributed by atoms with E-state index in [9.17, 15) is 10.0 Å². The number of phenols is 1. The van der Waals surface area contributed by atoms with Gasteiger partial charge in [-0.25, -0.2) is 0 Å². The van der Waals surface area contributed by atoms with Crippen LogP contribution >= 0.6 is 12.4 Å². The van der Waals surface area contributed by atoms with Crippen LogP contribution in [0.25, 0.3) is 0 Å². The van der Waals surface area contributed by atoms with Crippen LogP contribution in [0.3, 0.4) is 0 Å². The molecule has 0 unspecified atom stereocenters. The second kappa shape index (κ2) is 21.9. The zero-order valence-corrected chi connectivity index (χ0v) is 20.7. The lowest BCUT2D eigenvalue weighted by Gasteiger charge is -2.07. The number of anilines is 1. The Balaban J connectivity index is 0.00000900. The van der Waals surface area contributed by atoms with Crippen molar-refractivity contribution in [3.05, 3.63) is 23.1 Å². The molecule has 0 saturated carbocycles. The molecule has 0 fully saturated rings. The Morgan fingerprint density at radius 1 is 0.710 bits per heavy atom. The van der Waals surface area contributed by atoms with Gasteiger partial charge in [-0.2, -0.15) is 0 Å². The number of nitrogens with one attached hydrogen (secondary N) is 1. The predicted molar refractivity (Wildman–Crippen MR) is 138 cm³/mol. The van der Waals surface area contributed by atoms with Crippen molar-refractivity contribution in [2.75, 3.05) is 11.9 Å². The number of aromatic hydroxyl groups is 1. The van der Waals surface area contributed by atoms with Crippen molar-refractivity contribution in [1.29, 1.82) is 0 Å². The summed E-state index contributed by atoms with van der Waals surface area (Å²) in [5, 5.41) is 15.7. The van der Waals surface area contributed by atoms with Crippen LogP contribution in [-0.4, -0.2) is 11.7 Å². The summed E-state index contributed by atoms with van der Waals surface area (Å²) in [6, 6.07) is 4.89. The lowest BCUT2D eigenvalue weighted by Crippen LogP contribution is -2.01. The van der Waals surface area contributed by atoms with Gasteiger partial charge in [0.25, 0.3) is 0 Å². The first-order valence-electron chi connectivity index (χ1n) is 12.7. The summed E-state index contributed by atoms with van der Waals surface area (Å²) in [6.07, 6.45) is 24.9. The number of unbranched alkanes of at least 4 members (excludes halogenated alkanes) is 17. The number of nitroso groups, excluding NO2 is 1. The van der Waals surface area contributed by atoms with Gasteiger partial charge in [-0.3, -0.25) is 0 Å². The highest BCUT2D eigenvalue weighted by Gasteiger charge is 2.02. The molecule has 0 aliphatic rings. The molecule has 0 aliphatic heterocycles. The van der Waals surface area contributed by atoms with E-state index in [0.29, 0.717) is 0 Å². The van der Waals surface area contributed by atoms with Crippen molar-refractivity contribution in [1.82, 2.24) is 0 Å². The SMILES string of the molecule is CCCCCCCCCCCCCCCCCCCCNc1ccc(N=O)c(O)c1.Cl. The molecule has 0 bridgehead atoms. The smallest absolute Gasteiger partial charge is 0.149 e. The van der Waals surface area contributed by atoms with E-state index in [2.05, 4.69) is 17.4 Å². The lowest BCUT2D eigenvalue weighted by atomic mass is 10.0. The van der Waals surface area contributed by atoms with E-state index in [0.717, 1.165) is 18.7 Å². The molecule has 0 aromatic heterocycles. The summed E-state index contributed by atoms with van der Waals surface area (Å²) in [7, 11) is 0. The van der Waals surface area contributed by atoms with Crippen molar-refractivity contribution in [2.45, 2.75) is 122 Å². The van der Waals surface area contributed by atoms with Crippen LogP contribution in [-0.2, 0) is 0 Å². The molecule has 31 heavy (non-hydrogen) atoms. The molecule has 0 heterocycles. The van der Waals surface area contributed by atoms with Gasteiger partial charge >= 0.3 is 0 Å². The molecule has 1 aromatic rings. The van der Waals surface area contributed by atoms with Gasteiger partial charge in [-0.05, 0) is 23.7 Å². The Bertz CT molecular complexity index is 540. The van der Waals surface area contributed by atoms with Crippen LogP contribution in [0.15, 0.2) is 23.4 Å². The molecule has 0 atom stereocenters. The first-order chi connectivity index (χ1) is 14.8. The first-order valence-corrected chi connectivity index (χ1v) is 12.7. The van der Waals surface area contributed by atoms with Crippen LogP contribution in [0.4, 0.5) is 11.4 Å². The van der Waals surface area contributed by atoms with Gasteiger partial charge < -0.3 is 10.4 Å². The van der Waals surface area contributed by atoms with E-state index >= 15 is 0 Å². The van der Waals surface area contributed by atoms with E-state index in [-0.39, 0.29) is 23.8 Å². The van der Waals surface area contributed by atoms with Gasteiger partial charge in [0.1, 0.15) is 11.4 Å². The van der Waals surface area contributed by atoms with Crippen LogP contribution in [0.2, 0.25) is 0 Å². The van der Waals surface area contributed by atoms with Crippen LogP contribution in [0, 0.1) is 4.91 Å². The molecule has 1 rings (SSSR count). The molecular weight excluding hydrogens is 408 g/mol. The van der Waals surface area contributed by atoms with Crippen molar-refractivity contribution in [2.24, 2.45) is 5.18 Å². The van der Waals surface area contributed by atoms with Crippen LogP contribution < -0.4 is 5.32 Å². The minimum absolute atomic E-state index is 0. The van der Waals surface area contributed by atoms with Crippen molar-refractivity contribution < 1.29 is 5.11 Å². The molecular formula is C26H47ClN2O2. The monoisotopic (exact) mass is 454 g/mol. The molecule has 0 radical (unpaired) electrons. The molecule has 1 aromatic carbocycles. The fourth-order valence-corrected chi connectivity index (χ4v) is 3.97. The number of nitrogens with zero attached hydrogens (tertiary/aromatic N) is 1. The number of benzene rings is 1. The van der Waals surface area contributed by atoms with E-state index in [1.54, 1.807) is 18.2 Å². The van der Waals surface area contributed by atoms with E-state index < -0.39 is 0 Å². The Hall–Kier alpha value is -1.29. The number of rotatable bonds is 21. The van der Waals surface area contributed by atoms with Gasteiger partial charge in [0.2, 0.25) is 0 Å². The maximum absolute atomic E-state index is 10.5. The van der Waals surface area contributed by atoms with Crippen molar-refractivity contribution in [3.8, 4) is 5.75 Å². The summed E-state index contributed by atoms with van der Waals surface area (Å²) in [6.45, 7) is 3.18. The molecule has 0 aliphatic carbocycles. The largest absolute Gasteiger partial charge is 0.505 e. The highest BCUT2D eigenvalue weighted by atomic mass is 35.5. The summed E-state index contributed by atoms with van der Waals surface area (Å²) < 4.78 is 0. The van der Waals surface area contributed by atoms with Crippen LogP contribution in [0.5, 0.6) is 5.75 Å². The van der Waals surface area contributed by atoms with Crippen molar-refractivity contribution >= 4 is 23.8 Å². The predicted octanol–water partition coefficient (Wildman–Crippen LogP) is 9.67. The van der Waals surface area contributed by atoms with Gasteiger partial charge in [0, 0.05) is 18.3 Å². The normalized spacial score (nSPS) is 10.6. The quantitative estimate of drug-likeness (QED) is 0.143. The van der Waals surface area contributed by atoms with E-state index in [1.807, 2.05) is 0 Å². The zero-order chi connectivity index (χ0) is 21.7.